The minimum Gasteiger partial charge on any atom is -0.334 e. The molecule has 0 saturated heterocycles. The molecule has 0 spiro atoms. The van der Waals surface area contributed by atoms with Crippen molar-refractivity contribution in [3.05, 3.63) is 35.4 Å². The summed E-state index contributed by atoms with van der Waals surface area (Å²) in [7, 11) is 0. The number of halogens is 3. The van der Waals surface area contributed by atoms with Crippen LogP contribution in [0.4, 0.5) is 18.0 Å². The normalized spacial score (nSPS) is 14.6. The molecule has 2 rings (SSSR count). The first-order chi connectivity index (χ1) is 9.36. The number of hydrogen-bond donors (Lipinski definition) is 3. The predicted molar refractivity (Wildman–Crippen MR) is 63.6 cm³/mol. The third-order valence-electron chi connectivity index (χ3n) is 2.68. The summed E-state index contributed by atoms with van der Waals surface area (Å²) < 4.78 is 37.0. The van der Waals surface area contributed by atoms with E-state index < -0.39 is 23.7 Å². The summed E-state index contributed by atoms with van der Waals surface area (Å²) in [5.74, 6) is -0.690. The van der Waals surface area contributed by atoms with Crippen LogP contribution < -0.4 is 16.2 Å². The van der Waals surface area contributed by atoms with Gasteiger partial charge < -0.3 is 5.32 Å². The molecule has 8 heteroatoms. The number of rotatable bonds is 2. The second-order valence-electron chi connectivity index (χ2n) is 4.40. The van der Waals surface area contributed by atoms with Gasteiger partial charge in [0.05, 0.1) is 5.56 Å². The minimum absolute atomic E-state index is 0.0183. The van der Waals surface area contributed by atoms with Crippen molar-refractivity contribution >= 4 is 11.9 Å². The lowest BCUT2D eigenvalue weighted by molar-refractivity contribution is -0.137. The van der Waals surface area contributed by atoms with E-state index in [9.17, 15) is 22.8 Å². The molecule has 0 bridgehead atoms. The van der Waals surface area contributed by atoms with Crippen LogP contribution in [0, 0.1) is 0 Å². The van der Waals surface area contributed by atoms with E-state index in [1.165, 1.54) is 0 Å². The van der Waals surface area contributed by atoms with Crippen molar-refractivity contribution in [3.63, 3.8) is 0 Å². The largest absolute Gasteiger partial charge is 0.416 e. The van der Waals surface area contributed by atoms with Gasteiger partial charge in [0.15, 0.2) is 0 Å². The zero-order chi connectivity index (χ0) is 14.8. The van der Waals surface area contributed by atoms with Gasteiger partial charge in [0.1, 0.15) is 0 Å². The first-order valence-electron chi connectivity index (χ1n) is 5.90. The van der Waals surface area contributed by atoms with Crippen molar-refractivity contribution in [2.24, 2.45) is 0 Å². The van der Waals surface area contributed by atoms with E-state index in [4.69, 9.17) is 0 Å². The molecule has 108 valence electrons. The molecule has 1 fully saturated rings. The van der Waals surface area contributed by atoms with Crippen LogP contribution in [0.5, 0.6) is 0 Å². The smallest absolute Gasteiger partial charge is 0.334 e. The van der Waals surface area contributed by atoms with E-state index in [1.807, 2.05) is 0 Å². The second-order valence-corrected chi connectivity index (χ2v) is 4.40. The molecule has 0 aromatic heterocycles. The van der Waals surface area contributed by atoms with Crippen molar-refractivity contribution in [1.29, 1.82) is 0 Å². The van der Waals surface area contributed by atoms with E-state index in [1.54, 1.807) is 0 Å². The van der Waals surface area contributed by atoms with Crippen molar-refractivity contribution < 1.29 is 22.8 Å². The Hall–Kier alpha value is -2.25. The van der Waals surface area contributed by atoms with Crippen molar-refractivity contribution in [1.82, 2.24) is 16.2 Å². The molecule has 0 unspecified atom stereocenters. The van der Waals surface area contributed by atoms with Crippen LogP contribution >= 0.6 is 0 Å². The van der Waals surface area contributed by atoms with E-state index in [0.29, 0.717) is 0 Å². The Balaban J connectivity index is 1.87. The summed E-state index contributed by atoms with van der Waals surface area (Å²) in [6.07, 6.45) is -2.64. The standard InChI is InChI=1S/C12H12F3N3O2/c13-12(14,15)8-3-1-7(2-4-8)10(19)17-18-11(20)16-9-5-6-9/h1-4,9H,5-6H2,(H,17,19)(H2,16,18,20). The van der Waals surface area contributed by atoms with Crippen LogP contribution in [0.15, 0.2) is 24.3 Å². The molecule has 5 nitrogen and oxygen atoms in total. The lowest BCUT2D eigenvalue weighted by atomic mass is 10.1. The van der Waals surface area contributed by atoms with Gasteiger partial charge in [-0.2, -0.15) is 13.2 Å². The van der Waals surface area contributed by atoms with Gasteiger partial charge in [-0.05, 0) is 37.1 Å². The quantitative estimate of drug-likeness (QED) is 0.726. The summed E-state index contributed by atoms with van der Waals surface area (Å²) >= 11 is 0. The van der Waals surface area contributed by atoms with Gasteiger partial charge in [-0.15, -0.1) is 0 Å². The number of hydrazine groups is 1. The van der Waals surface area contributed by atoms with Crippen LogP contribution in [0.1, 0.15) is 28.8 Å². The van der Waals surface area contributed by atoms with E-state index in [2.05, 4.69) is 16.2 Å². The van der Waals surface area contributed by atoms with E-state index in [0.717, 1.165) is 37.1 Å². The lowest BCUT2D eigenvalue weighted by Gasteiger charge is -2.09. The third kappa shape index (κ3) is 3.87. The number of carbonyl (C=O) groups is 2. The van der Waals surface area contributed by atoms with Crippen molar-refractivity contribution in [3.8, 4) is 0 Å². The van der Waals surface area contributed by atoms with Crippen LogP contribution in [0.2, 0.25) is 0 Å². The Bertz CT molecular complexity index is 510. The minimum atomic E-state index is -4.45. The van der Waals surface area contributed by atoms with Crippen LogP contribution in [-0.4, -0.2) is 18.0 Å². The van der Waals surface area contributed by atoms with Crippen LogP contribution in [0.25, 0.3) is 0 Å². The van der Waals surface area contributed by atoms with Crippen molar-refractivity contribution in [2.75, 3.05) is 0 Å². The number of carbonyl (C=O) groups excluding carboxylic acids is 2. The fourth-order valence-corrected chi connectivity index (χ4v) is 1.45. The molecule has 0 atom stereocenters. The third-order valence-corrected chi connectivity index (χ3v) is 2.68. The monoisotopic (exact) mass is 287 g/mol. The summed E-state index contributed by atoms with van der Waals surface area (Å²) in [4.78, 5) is 22.8. The average molecular weight is 287 g/mol. The number of amides is 3. The van der Waals surface area contributed by atoms with Gasteiger partial charge in [0, 0.05) is 11.6 Å². The fraction of sp³-hybridized carbons (Fsp3) is 0.333. The maximum Gasteiger partial charge on any atom is 0.416 e. The van der Waals surface area contributed by atoms with Gasteiger partial charge in [-0.3, -0.25) is 10.2 Å². The first kappa shape index (κ1) is 14.2. The van der Waals surface area contributed by atoms with Crippen LogP contribution in [0.3, 0.4) is 0 Å². The summed E-state index contributed by atoms with van der Waals surface area (Å²) in [5.41, 5.74) is 3.41. The highest BCUT2D eigenvalue weighted by Gasteiger charge is 2.30. The summed E-state index contributed by atoms with van der Waals surface area (Å²) in [5, 5.41) is 2.58. The van der Waals surface area contributed by atoms with Crippen LogP contribution in [-0.2, 0) is 6.18 Å². The molecule has 20 heavy (non-hydrogen) atoms. The zero-order valence-electron chi connectivity index (χ0n) is 10.3. The van der Waals surface area contributed by atoms with E-state index >= 15 is 0 Å². The molecule has 0 radical (unpaired) electrons. The highest BCUT2D eigenvalue weighted by Crippen LogP contribution is 2.29. The Kier molecular flexibility index (Phi) is 3.82. The fourth-order valence-electron chi connectivity index (χ4n) is 1.45. The zero-order valence-corrected chi connectivity index (χ0v) is 10.3. The Morgan fingerprint density at radius 2 is 1.65 bits per heavy atom. The van der Waals surface area contributed by atoms with Gasteiger partial charge in [0.2, 0.25) is 0 Å². The molecule has 3 N–H and O–H groups in total. The molecular formula is C12H12F3N3O2. The molecule has 1 aromatic carbocycles. The number of nitrogens with one attached hydrogen (secondary N) is 3. The SMILES string of the molecule is O=C(NNC(=O)c1ccc(C(F)(F)F)cc1)NC1CC1. The Labute approximate surface area is 112 Å². The van der Waals surface area contributed by atoms with Gasteiger partial charge in [-0.1, -0.05) is 0 Å². The molecular weight excluding hydrogens is 275 g/mol. The second kappa shape index (κ2) is 5.40. The molecule has 1 saturated carbocycles. The van der Waals surface area contributed by atoms with E-state index in [-0.39, 0.29) is 11.6 Å². The molecule has 1 aliphatic rings. The summed E-state index contributed by atoms with van der Waals surface area (Å²) in [6, 6.07) is 3.28. The molecule has 0 aliphatic heterocycles. The maximum atomic E-state index is 12.3. The van der Waals surface area contributed by atoms with Gasteiger partial charge in [-0.25, -0.2) is 10.2 Å². The number of hydrogen-bond acceptors (Lipinski definition) is 2. The van der Waals surface area contributed by atoms with Gasteiger partial charge in [0.25, 0.3) is 5.91 Å². The topological polar surface area (TPSA) is 70.2 Å². The van der Waals surface area contributed by atoms with Crippen molar-refractivity contribution in [2.45, 2.75) is 25.1 Å². The molecule has 1 aliphatic carbocycles. The number of urea groups is 1. The Morgan fingerprint density at radius 1 is 1.05 bits per heavy atom. The highest BCUT2D eigenvalue weighted by atomic mass is 19.4. The highest BCUT2D eigenvalue weighted by molar-refractivity contribution is 5.95. The molecule has 1 aromatic rings. The summed E-state index contributed by atoms with van der Waals surface area (Å²) in [6.45, 7) is 0. The molecule has 0 heterocycles. The maximum absolute atomic E-state index is 12.3. The average Bonchev–Trinajstić information content (AvgIpc) is 3.19. The Morgan fingerprint density at radius 3 is 2.15 bits per heavy atom. The number of alkyl halides is 3. The van der Waals surface area contributed by atoms with Gasteiger partial charge >= 0.3 is 12.2 Å². The first-order valence-corrected chi connectivity index (χ1v) is 5.90. The predicted octanol–water partition coefficient (Wildman–Crippen LogP) is 1.81. The lowest BCUT2D eigenvalue weighted by Crippen LogP contribution is -2.47. The molecule has 3 amide bonds. The number of benzene rings is 1.